The van der Waals surface area contributed by atoms with Crippen molar-refractivity contribution in [2.45, 2.75) is 43.0 Å². The molecule has 1 fully saturated rings. The van der Waals surface area contributed by atoms with Crippen LogP contribution < -0.4 is 5.73 Å². The Morgan fingerprint density at radius 3 is 2.47 bits per heavy atom. The van der Waals surface area contributed by atoms with E-state index in [0.717, 1.165) is 25.7 Å². The van der Waals surface area contributed by atoms with E-state index in [-0.39, 0.29) is 16.6 Å². The molecule has 4 nitrogen and oxygen atoms in total. The Morgan fingerprint density at radius 2 is 1.89 bits per heavy atom. The Morgan fingerprint density at radius 1 is 1.26 bits per heavy atom. The number of benzene rings is 1. The van der Waals surface area contributed by atoms with Crippen LogP contribution in [0.5, 0.6) is 0 Å². The van der Waals surface area contributed by atoms with Crippen molar-refractivity contribution in [3.05, 3.63) is 23.2 Å². The van der Waals surface area contributed by atoms with Crippen LogP contribution in [0.3, 0.4) is 0 Å². The minimum absolute atomic E-state index is 0.0776. The molecule has 2 rings (SSSR count). The number of hydrogen-bond acceptors (Lipinski definition) is 3. The summed E-state index contributed by atoms with van der Waals surface area (Å²) < 4.78 is 26.6. The Balaban J connectivity index is 2.30. The van der Waals surface area contributed by atoms with Gasteiger partial charge in [-0.05, 0) is 31.0 Å². The molecule has 0 amide bonds. The zero-order chi connectivity index (χ0) is 14.0. The van der Waals surface area contributed by atoms with Gasteiger partial charge >= 0.3 is 0 Å². The summed E-state index contributed by atoms with van der Waals surface area (Å²) in [5, 5.41) is 0.441. The fourth-order valence-corrected chi connectivity index (χ4v) is 4.24. The fourth-order valence-electron chi connectivity index (χ4n) is 2.55. The van der Waals surface area contributed by atoms with Gasteiger partial charge in [0.15, 0.2) is 0 Å². The number of nitrogen functional groups attached to an aromatic ring is 1. The zero-order valence-electron chi connectivity index (χ0n) is 11.0. The van der Waals surface area contributed by atoms with Crippen LogP contribution in [0, 0.1) is 0 Å². The second-order valence-corrected chi connectivity index (χ2v) is 7.40. The summed E-state index contributed by atoms with van der Waals surface area (Å²) in [4.78, 5) is 0.143. The number of nitrogens with zero attached hydrogens (tertiary/aromatic N) is 1. The minimum Gasteiger partial charge on any atom is -0.398 e. The Kier molecular flexibility index (Phi) is 4.38. The van der Waals surface area contributed by atoms with Gasteiger partial charge in [0.05, 0.1) is 5.69 Å². The number of sulfonamides is 1. The predicted octanol–water partition coefficient (Wildman–Crippen LogP) is 2.88. The minimum atomic E-state index is -3.54. The molecule has 2 N–H and O–H groups in total. The van der Waals surface area contributed by atoms with Crippen LogP contribution in [-0.4, -0.2) is 25.8 Å². The highest BCUT2D eigenvalue weighted by atomic mass is 35.5. The first-order chi connectivity index (χ1) is 8.93. The quantitative estimate of drug-likeness (QED) is 0.873. The second kappa shape index (κ2) is 5.69. The summed E-state index contributed by atoms with van der Waals surface area (Å²) in [6.07, 6.45) is 5.20. The molecule has 1 saturated carbocycles. The summed E-state index contributed by atoms with van der Waals surface area (Å²) >= 11 is 5.81. The molecule has 0 saturated heterocycles. The van der Waals surface area contributed by atoms with Crippen molar-refractivity contribution in [1.29, 1.82) is 0 Å². The van der Waals surface area contributed by atoms with Crippen LogP contribution in [0.15, 0.2) is 23.1 Å². The Hall–Kier alpha value is -0.780. The fraction of sp³-hybridized carbons (Fsp3) is 0.538. The molecule has 0 aliphatic heterocycles. The molecule has 106 valence electrons. The van der Waals surface area contributed by atoms with E-state index in [1.165, 1.54) is 22.9 Å². The molecule has 0 bridgehead atoms. The largest absolute Gasteiger partial charge is 0.398 e. The third-order valence-corrected chi connectivity index (χ3v) is 5.94. The molecule has 1 aromatic rings. The van der Waals surface area contributed by atoms with E-state index in [1.54, 1.807) is 13.1 Å². The first-order valence-corrected chi connectivity index (χ1v) is 8.28. The highest BCUT2D eigenvalue weighted by Gasteiger charge is 2.30. The summed E-state index contributed by atoms with van der Waals surface area (Å²) in [7, 11) is -1.90. The first-order valence-electron chi connectivity index (χ1n) is 6.46. The van der Waals surface area contributed by atoms with E-state index in [2.05, 4.69) is 0 Å². The van der Waals surface area contributed by atoms with Crippen molar-refractivity contribution in [2.75, 3.05) is 12.8 Å². The summed E-state index contributed by atoms with van der Waals surface area (Å²) in [6.45, 7) is 0. The van der Waals surface area contributed by atoms with Crippen LogP contribution >= 0.6 is 11.6 Å². The van der Waals surface area contributed by atoms with Crippen LogP contribution in [0.25, 0.3) is 0 Å². The highest BCUT2D eigenvalue weighted by molar-refractivity contribution is 7.89. The van der Waals surface area contributed by atoms with Gasteiger partial charge < -0.3 is 5.73 Å². The molecule has 6 heteroatoms. The van der Waals surface area contributed by atoms with E-state index >= 15 is 0 Å². The van der Waals surface area contributed by atoms with Gasteiger partial charge in [-0.3, -0.25) is 0 Å². The maximum Gasteiger partial charge on any atom is 0.245 e. The summed E-state index contributed by atoms with van der Waals surface area (Å²) in [5.74, 6) is 0. The molecule has 1 aromatic carbocycles. The average Bonchev–Trinajstić information content (AvgIpc) is 2.38. The predicted molar refractivity (Wildman–Crippen MR) is 77.7 cm³/mol. The third-order valence-electron chi connectivity index (χ3n) is 3.72. The molecule has 0 spiro atoms. The molecule has 0 atom stereocenters. The molecule has 1 aliphatic carbocycles. The third kappa shape index (κ3) is 3.04. The molecule has 19 heavy (non-hydrogen) atoms. The standard InChI is InChI=1S/C13H19ClN2O2S/c1-16(11-5-3-2-4-6-11)19(17,18)13-8-7-10(14)9-12(13)15/h7-9,11H,2-6,15H2,1H3. The molecule has 0 radical (unpaired) electrons. The number of hydrogen-bond donors (Lipinski definition) is 1. The van der Waals surface area contributed by atoms with Gasteiger partial charge in [-0.2, -0.15) is 4.31 Å². The van der Waals surface area contributed by atoms with Crippen LogP contribution in [0.1, 0.15) is 32.1 Å². The van der Waals surface area contributed by atoms with E-state index in [9.17, 15) is 8.42 Å². The number of anilines is 1. The Labute approximate surface area is 119 Å². The highest BCUT2D eigenvalue weighted by Crippen LogP contribution is 2.29. The first kappa shape index (κ1) is 14.6. The van der Waals surface area contributed by atoms with Gasteiger partial charge in [0.25, 0.3) is 0 Å². The van der Waals surface area contributed by atoms with Crippen molar-refractivity contribution < 1.29 is 8.42 Å². The molecule has 0 unspecified atom stereocenters. The maximum absolute atomic E-state index is 12.6. The summed E-state index contributed by atoms with van der Waals surface area (Å²) in [5.41, 5.74) is 5.99. The van der Waals surface area contributed by atoms with Crippen molar-refractivity contribution in [3.63, 3.8) is 0 Å². The molecular formula is C13H19ClN2O2S. The second-order valence-electron chi connectivity index (χ2n) is 5.00. The molecular weight excluding hydrogens is 284 g/mol. The van der Waals surface area contributed by atoms with Crippen LogP contribution in [0.2, 0.25) is 5.02 Å². The zero-order valence-corrected chi connectivity index (χ0v) is 12.5. The lowest BCUT2D eigenvalue weighted by atomic mass is 9.96. The van der Waals surface area contributed by atoms with Gasteiger partial charge in [-0.1, -0.05) is 30.9 Å². The monoisotopic (exact) mass is 302 g/mol. The van der Waals surface area contributed by atoms with Crippen molar-refractivity contribution in [2.24, 2.45) is 0 Å². The number of rotatable bonds is 3. The topological polar surface area (TPSA) is 63.4 Å². The SMILES string of the molecule is CN(C1CCCCC1)S(=O)(=O)c1ccc(Cl)cc1N. The van der Waals surface area contributed by atoms with Crippen molar-refractivity contribution in [3.8, 4) is 0 Å². The van der Waals surface area contributed by atoms with E-state index in [0.29, 0.717) is 5.02 Å². The van der Waals surface area contributed by atoms with Gasteiger partial charge in [-0.15, -0.1) is 0 Å². The molecule has 0 aromatic heterocycles. The van der Waals surface area contributed by atoms with Gasteiger partial charge in [0, 0.05) is 18.1 Å². The Bertz CT molecular complexity index is 554. The van der Waals surface area contributed by atoms with E-state index < -0.39 is 10.0 Å². The van der Waals surface area contributed by atoms with Gasteiger partial charge in [-0.25, -0.2) is 8.42 Å². The average molecular weight is 303 g/mol. The van der Waals surface area contributed by atoms with Gasteiger partial charge in [0.1, 0.15) is 4.90 Å². The number of nitrogens with two attached hydrogens (primary N) is 1. The smallest absolute Gasteiger partial charge is 0.245 e. The lowest BCUT2D eigenvalue weighted by Crippen LogP contribution is -2.38. The molecule has 0 heterocycles. The van der Waals surface area contributed by atoms with E-state index in [1.807, 2.05) is 0 Å². The number of halogens is 1. The van der Waals surface area contributed by atoms with Crippen molar-refractivity contribution >= 4 is 27.3 Å². The van der Waals surface area contributed by atoms with Crippen LogP contribution in [-0.2, 0) is 10.0 Å². The van der Waals surface area contributed by atoms with Crippen LogP contribution in [0.4, 0.5) is 5.69 Å². The maximum atomic E-state index is 12.6. The lowest BCUT2D eigenvalue weighted by molar-refractivity contribution is 0.286. The van der Waals surface area contributed by atoms with Crippen molar-refractivity contribution in [1.82, 2.24) is 4.31 Å². The summed E-state index contributed by atoms with van der Waals surface area (Å²) in [6, 6.07) is 4.59. The normalized spacial score (nSPS) is 17.8. The van der Waals surface area contributed by atoms with Gasteiger partial charge in [0.2, 0.25) is 10.0 Å². The van der Waals surface area contributed by atoms with E-state index in [4.69, 9.17) is 17.3 Å². The lowest BCUT2D eigenvalue weighted by Gasteiger charge is -2.30. The molecule has 1 aliphatic rings.